The topological polar surface area (TPSA) is 49.6 Å². The summed E-state index contributed by atoms with van der Waals surface area (Å²) in [6, 6.07) is 0. The molecule has 2 saturated heterocycles. The summed E-state index contributed by atoms with van der Waals surface area (Å²) in [6.07, 6.45) is 9.09. The lowest BCUT2D eigenvalue weighted by Crippen LogP contribution is -2.56. The van der Waals surface area contributed by atoms with Gasteiger partial charge < -0.3 is 15.5 Å². The Morgan fingerprint density at radius 2 is 1.77 bits per heavy atom. The number of piperidine rings is 2. The van der Waals surface area contributed by atoms with E-state index in [9.17, 15) is 4.79 Å². The summed E-state index contributed by atoms with van der Waals surface area (Å²) < 4.78 is 0. The van der Waals surface area contributed by atoms with Gasteiger partial charge in [0.05, 0.1) is 5.54 Å². The van der Waals surface area contributed by atoms with Crippen LogP contribution in [0.25, 0.3) is 0 Å². The van der Waals surface area contributed by atoms with Crippen molar-refractivity contribution in [1.82, 2.24) is 9.80 Å². The third-order valence-corrected chi connectivity index (χ3v) is 6.12. The standard InChI is InChI=1S/C18H33N3O/c1-15-6-11-20(12-7-15)13-16-5-4-10-21(14-16)17(22)18(19)8-2-3-9-18/h15-16H,2-14,19H2,1H3. The van der Waals surface area contributed by atoms with Crippen LogP contribution in [0.1, 0.15) is 58.3 Å². The number of nitrogens with two attached hydrogens (primary N) is 1. The summed E-state index contributed by atoms with van der Waals surface area (Å²) in [6.45, 7) is 7.88. The first kappa shape index (κ1) is 16.3. The third kappa shape index (κ3) is 3.65. The van der Waals surface area contributed by atoms with Gasteiger partial charge in [0.2, 0.25) is 5.91 Å². The van der Waals surface area contributed by atoms with Gasteiger partial charge >= 0.3 is 0 Å². The molecule has 2 heterocycles. The van der Waals surface area contributed by atoms with Gasteiger partial charge in [-0.3, -0.25) is 4.79 Å². The van der Waals surface area contributed by atoms with E-state index in [0.717, 1.165) is 51.1 Å². The molecule has 0 aromatic rings. The van der Waals surface area contributed by atoms with Gasteiger partial charge in [-0.2, -0.15) is 0 Å². The highest BCUT2D eigenvalue weighted by Crippen LogP contribution is 2.31. The van der Waals surface area contributed by atoms with E-state index in [1.54, 1.807) is 0 Å². The fourth-order valence-corrected chi connectivity index (χ4v) is 4.54. The maximum atomic E-state index is 12.8. The van der Waals surface area contributed by atoms with Crippen molar-refractivity contribution in [3.05, 3.63) is 0 Å². The Morgan fingerprint density at radius 3 is 2.45 bits per heavy atom. The first-order valence-electron chi connectivity index (χ1n) is 9.37. The van der Waals surface area contributed by atoms with Crippen LogP contribution >= 0.6 is 0 Å². The quantitative estimate of drug-likeness (QED) is 0.870. The van der Waals surface area contributed by atoms with E-state index in [0.29, 0.717) is 5.92 Å². The molecule has 2 aliphatic heterocycles. The molecule has 2 N–H and O–H groups in total. The zero-order valence-corrected chi connectivity index (χ0v) is 14.2. The number of nitrogens with zero attached hydrogens (tertiary/aromatic N) is 2. The molecule has 4 heteroatoms. The highest BCUT2D eigenvalue weighted by Gasteiger charge is 2.41. The van der Waals surface area contributed by atoms with E-state index in [4.69, 9.17) is 5.73 Å². The lowest BCUT2D eigenvalue weighted by molar-refractivity contribution is -0.138. The molecule has 3 fully saturated rings. The predicted octanol–water partition coefficient (Wildman–Crippen LogP) is 2.23. The van der Waals surface area contributed by atoms with E-state index in [2.05, 4.69) is 16.7 Å². The molecule has 0 aromatic heterocycles. The molecule has 1 atom stereocenters. The molecule has 1 amide bonds. The Morgan fingerprint density at radius 1 is 1.09 bits per heavy atom. The van der Waals surface area contributed by atoms with Crippen molar-refractivity contribution >= 4 is 5.91 Å². The minimum atomic E-state index is -0.539. The average Bonchev–Trinajstić information content (AvgIpc) is 2.97. The van der Waals surface area contributed by atoms with E-state index in [-0.39, 0.29) is 5.91 Å². The molecule has 0 aromatic carbocycles. The fraction of sp³-hybridized carbons (Fsp3) is 0.944. The second-order valence-electron chi connectivity index (χ2n) is 8.11. The van der Waals surface area contributed by atoms with Crippen LogP contribution in [-0.2, 0) is 4.79 Å². The minimum Gasteiger partial charge on any atom is -0.341 e. The molecule has 3 rings (SSSR count). The zero-order chi connectivity index (χ0) is 15.6. The lowest BCUT2D eigenvalue weighted by atomic mass is 9.91. The Labute approximate surface area is 135 Å². The Kier molecular flexibility index (Phi) is 5.08. The monoisotopic (exact) mass is 307 g/mol. The van der Waals surface area contributed by atoms with Crippen molar-refractivity contribution in [2.45, 2.75) is 63.8 Å². The Bertz CT molecular complexity index is 384. The van der Waals surface area contributed by atoms with Crippen LogP contribution in [0.2, 0.25) is 0 Å². The summed E-state index contributed by atoms with van der Waals surface area (Å²) in [4.78, 5) is 17.5. The second kappa shape index (κ2) is 6.88. The molecule has 0 radical (unpaired) electrons. The predicted molar refractivity (Wildman–Crippen MR) is 89.5 cm³/mol. The Balaban J connectivity index is 1.52. The van der Waals surface area contributed by atoms with E-state index < -0.39 is 5.54 Å². The molecule has 4 nitrogen and oxygen atoms in total. The van der Waals surface area contributed by atoms with Crippen LogP contribution in [0.4, 0.5) is 0 Å². The smallest absolute Gasteiger partial charge is 0.242 e. The van der Waals surface area contributed by atoms with Crippen LogP contribution in [-0.4, -0.2) is 54.0 Å². The molecule has 1 saturated carbocycles. The summed E-state index contributed by atoms with van der Waals surface area (Å²) in [5.41, 5.74) is 5.84. The van der Waals surface area contributed by atoms with Gasteiger partial charge in [-0.25, -0.2) is 0 Å². The normalized spacial score (nSPS) is 30.6. The average molecular weight is 307 g/mol. The van der Waals surface area contributed by atoms with Gasteiger partial charge in [0.15, 0.2) is 0 Å². The maximum Gasteiger partial charge on any atom is 0.242 e. The maximum absolute atomic E-state index is 12.8. The van der Waals surface area contributed by atoms with Crippen LogP contribution < -0.4 is 5.73 Å². The molecule has 3 aliphatic rings. The minimum absolute atomic E-state index is 0.238. The molecule has 1 unspecified atom stereocenters. The SMILES string of the molecule is CC1CCN(CC2CCCN(C(=O)C3(N)CCCC3)C2)CC1. The first-order valence-corrected chi connectivity index (χ1v) is 9.37. The molecular formula is C18H33N3O. The van der Waals surface area contributed by atoms with Gasteiger partial charge in [-0.05, 0) is 63.5 Å². The number of likely N-dealkylation sites (tertiary alicyclic amines) is 2. The molecule has 0 bridgehead atoms. The largest absolute Gasteiger partial charge is 0.341 e. The number of carbonyl (C=O) groups is 1. The second-order valence-corrected chi connectivity index (χ2v) is 8.11. The van der Waals surface area contributed by atoms with Crippen molar-refractivity contribution in [3.63, 3.8) is 0 Å². The lowest BCUT2D eigenvalue weighted by Gasteiger charge is -2.40. The van der Waals surface area contributed by atoms with Gasteiger partial charge in [-0.1, -0.05) is 19.8 Å². The Hall–Kier alpha value is -0.610. The molecule has 1 aliphatic carbocycles. The van der Waals surface area contributed by atoms with Crippen molar-refractivity contribution in [1.29, 1.82) is 0 Å². The number of rotatable bonds is 3. The van der Waals surface area contributed by atoms with Crippen LogP contribution in [0, 0.1) is 11.8 Å². The van der Waals surface area contributed by atoms with E-state index >= 15 is 0 Å². The van der Waals surface area contributed by atoms with Crippen LogP contribution in [0.15, 0.2) is 0 Å². The summed E-state index contributed by atoms with van der Waals surface area (Å²) >= 11 is 0. The number of amides is 1. The molecular weight excluding hydrogens is 274 g/mol. The van der Waals surface area contributed by atoms with Crippen LogP contribution in [0.5, 0.6) is 0 Å². The highest BCUT2D eigenvalue weighted by atomic mass is 16.2. The summed E-state index contributed by atoms with van der Waals surface area (Å²) in [5, 5.41) is 0. The van der Waals surface area contributed by atoms with Crippen molar-refractivity contribution in [2.75, 3.05) is 32.7 Å². The fourth-order valence-electron chi connectivity index (χ4n) is 4.54. The first-order chi connectivity index (χ1) is 10.6. The summed E-state index contributed by atoms with van der Waals surface area (Å²) in [7, 11) is 0. The highest BCUT2D eigenvalue weighted by molar-refractivity contribution is 5.86. The number of hydrogen-bond acceptors (Lipinski definition) is 3. The van der Waals surface area contributed by atoms with Crippen molar-refractivity contribution in [2.24, 2.45) is 17.6 Å². The van der Waals surface area contributed by atoms with E-state index in [1.807, 2.05) is 0 Å². The molecule has 126 valence electrons. The third-order valence-electron chi connectivity index (χ3n) is 6.12. The van der Waals surface area contributed by atoms with Gasteiger partial charge in [0.1, 0.15) is 0 Å². The summed E-state index contributed by atoms with van der Waals surface area (Å²) in [5.74, 6) is 1.78. The molecule has 22 heavy (non-hydrogen) atoms. The van der Waals surface area contributed by atoms with Gasteiger partial charge in [-0.15, -0.1) is 0 Å². The number of carbonyl (C=O) groups excluding carboxylic acids is 1. The van der Waals surface area contributed by atoms with E-state index in [1.165, 1.54) is 38.9 Å². The molecule has 0 spiro atoms. The van der Waals surface area contributed by atoms with Gasteiger partial charge in [0.25, 0.3) is 0 Å². The zero-order valence-electron chi connectivity index (χ0n) is 14.2. The van der Waals surface area contributed by atoms with Crippen LogP contribution in [0.3, 0.4) is 0 Å². The number of hydrogen-bond donors (Lipinski definition) is 1. The van der Waals surface area contributed by atoms with Crippen molar-refractivity contribution in [3.8, 4) is 0 Å². The van der Waals surface area contributed by atoms with Gasteiger partial charge in [0, 0.05) is 19.6 Å². The van der Waals surface area contributed by atoms with Crippen molar-refractivity contribution < 1.29 is 4.79 Å².